The summed E-state index contributed by atoms with van der Waals surface area (Å²) in [5.74, 6) is -1.08. The van der Waals surface area contributed by atoms with Gasteiger partial charge in [0.05, 0.1) is 16.8 Å². The van der Waals surface area contributed by atoms with Gasteiger partial charge in [0, 0.05) is 12.1 Å². The number of hydrogen-bond acceptors (Lipinski definition) is 7. The average Bonchev–Trinajstić information content (AvgIpc) is 2.78. The molecule has 3 rings (SSSR count). The van der Waals surface area contributed by atoms with Crippen molar-refractivity contribution >= 4 is 34.7 Å². The maximum atomic E-state index is 13.1. The highest BCUT2D eigenvalue weighted by atomic mass is 32.2. The topological polar surface area (TPSA) is 119 Å². The van der Waals surface area contributed by atoms with Crippen molar-refractivity contribution in [2.75, 3.05) is 11.5 Å². The standard InChI is InChI=1S/C11H9F2N7S/c12-4-1-6-7(2-5(4)13)17-11(16-6)21-3-8-18-9(14)20-10(15)19-8/h1-2H,3H2,(H,16,17)(H4,14,15,18,19,20). The van der Waals surface area contributed by atoms with E-state index in [9.17, 15) is 8.78 Å². The summed E-state index contributed by atoms with van der Waals surface area (Å²) in [6, 6.07) is 2.09. The van der Waals surface area contributed by atoms with Crippen LogP contribution < -0.4 is 11.5 Å². The third-order valence-electron chi connectivity index (χ3n) is 2.56. The molecule has 0 saturated heterocycles. The number of H-pyrrole nitrogens is 1. The molecule has 0 atom stereocenters. The Labute approximate surface area is 121 Å². The lowest BCUT2D eigenvalue weighted by Crippen LogP contribution is -2.05. The Balaban J connectivity index is 1.81. The van der Waals surface area contributed by atoms with Gasteiger partial charge in [-0.2, -0.15) is 15.0 Å². The minimum absolute atomic E-state index is 0.0341. The van der Waals surface area contributed by atoms with Crippen molar-refractivity contribution in [3.63, 3.8) is 0 Å². The molecular formula is C11H9F2N7S. The van der Waals surface area contributed by atoms with Crippen molar-refractivity contribution in [3.05, 3.63) is 29.6 Å². The van der Waals surface area contributed by atoms with Crippen LogP contribution in [0.25, 0.3) is 11.0 Å². The molecule has 0 radical (unpaired) electrons. The normalized spacial score (nSPS) is 11.1. The predicted octanol–water partition coefficient (Wildman–Crippen LogP) is 1.48. The molecule has 108 valence electrons. The van der Waals surface area contributed by atoms with Gasteiger partial charge in [0.15, 0.2) is 16.8 Å². The van der Waals surface area contributed by atoms with Crippen LogP contribution in [-0.4, -0.2) is 24.9 Å². The zero-order valence-corrected chi connectivity index (χ0v) is 11.3. The summed E-state index contributed by atoms with van der Waals surface area (Å²) in [5, 5.41) is 0.479. The number of anilines is 2. The number of benzene rings is 1. The molecule has 0 aliphatic heterocycles. The molecule has 0 amide bonds. The summed E-state index contributed by atoms with van der Waals surface area (Å²) in [6.07, 6.45) is 0. The van der Waals surface area contributed by atoms with Gasteiger partial charge in [0.25, 0.3) is 0 Å². The molecule has 21 heavy (non-hydrogen) atoms. The van der Waals surface area contributed by atoms with Crippen LogP contribution in [0, 0.1) is 11.6 Å². The van der Waals surface area contributed by atoms with Crippen molar-refractivity contribution in [3.8, 4) is 0 Å². The molecule has 7 nitrogen and oxygen atoms in total. The van der Waals surface area contributed by atoms with Crippen LogP contribution in [0.5, 0.6) is 0 Å². The number of thioether (sulfide) groups is 1. The molecule has 0 bridgehead atoms. The Bertz CT molecular complexity index is 760. The molecule has 3 aromatic rings. The lowest BCUT2D eigenvalue weighted by atomic mass is 10.3. The number of nitrogen functional groups attached to an aromatic ring is 2. The van der Waals surface area contributed by atoms with E-state index in [2.05, 4.69) is 24.9 Å². The van der Waals surface area contributed by atoms with Crippen molar-refractivity contribution in [2.45, 2.75) is 10.9 Å². The Morgan fingerprint density at radius 2 is 1.67 bits per heavy atom. The number of aromatic amines is 1. The third-order valence-corrected chi connectivity index (χ3v) is 3.43. The van der Waals surface area contributed by atoms with Gasteiger partial charge >= 0.3 is 0 Å². The Morgan fingerprint density at radius 3 is 2.38 bits per heavy atom. The lowest BCUT2D eigenvalue weighted by molar-refractivity contribution is 0.510. The second kappa shape index (κ2) is 5.13. The number of halogens is 2. The molecule has 2 heterocycles. The first-order valence-electron chi connectivity index (χ1n) is 5.75. The van der Waals surface area contributed by atoms with Gasteiger partial charge in [-0.25, -0.2) is 13.8 Å². The fraction of sp³-hybridized carbons (Fsp3) is 0.0909. The maximum absolute atomic E-state index is 13.1. The largest absolute Gasteiger partial charge is 0.368 e. The number of imidazole rings is 1. The van der Waals surface area contributed by atoms with Gasteiger partial charge in [-0.15, -0.1) is 0 Å². The van der Waals surface area contributed by atoms with E-state index in [-0.39, 0.29) is 11.9 Å². The quantitative estimate of drug-likeness (QED) is 0.627. The van der Waals surface area contributed by atoms with Crippen molar-refractivity contribution < 1.29 is 8.78 Å². The van der Waals surface area contributed by atoms with E-state index in [0.29, 0.717) is 27.8 Å². The molecule has 0 fully saturated rings. The number of nitrogens with one attached hydrogen (secondary N) is 1. The van der Waals surface area contributed by atoms with E-state index >= 15 is 0 Å². The number of rotatable bonds is 3. The van der Waals surface area contributed by atoms with E-state index in [0.717, 1.165) is 12.1 Å². The van der Waals surface area contributed by atoms with E-state index in [1.54, 1.807) is 0 Å². The van der Waals surface area contributed by atoms with Gasteiger partial charge in [-0.1, -0.05) is 11.8 Å². The zero-order chi connectivity index (χ0) is 15.0. The van der Waals surface area contributed by atoms with Gasteiger partial charge in [0.2, 0.25) is 11.9 Å². The minimum Gasteiger partial charge on any atom is -0.368 e. The zero-order valence-electron chi connectivity index (χ0n) is 10.5. The number of hydrogen-bond donors (Lipinski definition) is 3. The molecule has 5 N–H and O–H groups in total. The molecule has 0 saturated carbocycles. The van der Waals surface area contributed by atoms with E-state index in [1.165, 1.54) is 11.8 Å². The van der Waals surface area contributed by atoms with Gasteiger partial charge < -0.3 is 16.5 Å². The van der Waals surface area contributed by atoms with Crippen LogP contribution in [0.2, 0.25) is 0 Å². The summed E-state index contributed by atoms with van der Waals surface area (Å²) in [6.45, 7) is 0. The van der Waals surface area contributed by atoms with E-state index in [1.807, 2.05) is 0 Å². The number of fused-ring (bicyclic) bond motifs is 1. The van der Waals surface area contributed by atoms with Crippen LogP contribution >= 0.6 is 11.8 Å². The van der Waals surface area contributed by atoms with Crippen LogP contribution in [0.3, 0.4) is 0 Å². The Morgan fingerprint density at radius 1 is 1.00 bits per heavy atom. The fourth-order valence-corrected chi connectivity index (χ4v) is 2.44. The second-order valence-corrected chi connectivity index (χ2v) is 5.05. The number of nitrogens with two attached hydrogens (primary N) is 2. The fourth-order valence-electron chi connectivity index (χ4n) is 1.70. The molecule has 0 unspecified atom stereocenters. The Kier molecular flexibility index (Phi) is 3.29. The highest BCUT2D eigenvalue weighted by molar-refractivity contribution is 7.98. The van der Waals surface area contributed by atoms with Crippen LogP contribution in [0.15, 0.2) is 17.3 Å². The van der Waals surface area contributed by atoms with Crippen LogP contribution in [-0.2, 0) is 5.75 Å². The molecule has 10 heteroatoms. The average molecular weight is 309 g/mol. The maximum Gasteiger partial charge on any atom is 0.225 e. The number of nitrogens with zero attached hydrogens (tertiary/aromatic N) is 4. The summed E-state index contributed by atoms with van der Waals surface area (Å²) >= 11 is 1.25. The molecule has 1 aromatic carbocycles. The highest BCUT2D eigenvalue weighted by Crippen LogP contribution is 2.23. The molecule has 2 aromatic heterocycles. The third kappa shape index (κ3) is 2.84. The second-order valence-electron chi connectivity index (χ2n) is 4.08. The molecular weight excluding hydrogens is 300 g/mol. The summed E-state index contributed by atoms with van der Waals surface area (Å²) in [4.78, 5) is 18.5. The first-order chi connectivity index (χ1) is 10.0. The van der Waals surface area contributed by atoms with Crippen LogP contribution in [0.4, 0.5) is 20.7 Å². The van der Waals surface area contributed by atoms with Crippen molar-refractivity contribution in [1.82, 2.24) is 24.9 Å². The number of aromatic nitrogens is 5. The van der Waals surface area contributed by atoms with Gasteiger partial charge in [-0.3, -0.25) is 0 Å². The van der Waals surface area contributed by atoms with E-state index < -0.39 is 11.6 Å². The smallest absolute Gasteiger partial charge is 0.225 e. The van der Waals surface area contributed by atoms with Crippen LogP contribution in [0.1, 0.15) is 5.82 Å². The Hall–Kier alpha value is -2.49. The van der Waals surface area contributed by atoms with E-state index in [4.69, 9.17) is 11.5 Å². The van der Waals surface area contributed by atoms with Crippen molar-refractivity contribution in [2.24, 2.45) is 0 Å². The first-order valence-corrected chi connectivity index (χ1v) is 6.73. The molecule has 0 spiro atoms. The molecule has 0 aliphatic carbocycles. The lowest BCUT2D eigenvalue weighted by Gasteiger charge is -2.00. The molecule has 0 aliphatic rings. The van der Waals surface area contributed by atoms with Gasteiger partial charge in [-0.05, 0) is 0 Å². The van der Waals surface area contributed by atoms with Crippen molar-refractivity contribution in [1.29, 1.82) is 0 Å². The van der Waals surface area contributed by atoms with Gasteiger partial charge in [0.1, 0.15) is 5.82 Å². The highest BCUT2D eigenvalue weighted by Gasteiger charge is 2.10. The predicted molar refractivity (Wildman–Crippen MR) is 74.2 cm³/mol. The minimum atomic E-state index is -0.941. The summed E-state index contributed by atoms with van der Waals surface area (Å²) in [7, 11) is 0. The SMILES string of the molecule is Nc1nc(N)nc(CSc2nc3cc(F)c(F)cc3[nH]2)n1. The first kappa shape index (κ1) is 13.5. The summed E-state index contributed by atoms with van der Waals surface area (Å²) < 4.78 is 26.2. The summed E-state index contributed by atoms with van der Waals surface area (Å²) in [5.41, 5.74) is 11.7. The monoisotopic (exact) mass is 309 g/mol.